The maximum atomic E-state index is 10.3. The zero-order chi connectivity index (χ0) is 11.1. The van der Waals surface area contributed by atoms with Crippen molar-refractivity contribution in [2.45, 2.75) is 5.60 Å². The number of thiocarbonyl (C=S) groups is 1. The van der Waals surface area contributed by atoms with Crippen LogP contribution in [0.3, 0.4) is 0 Å². The van der Waals surface area contributed by atoms with Gasteiger partial charge in [-0.1, -0.05) is 24.4 Å². The molecule has 1 aromatic carbocycles. The van der Waals surface area contributed by atoms with Crippen LogP contribution < -0.4 is 4.74 Å². The Bertz CT molecular complexity index is 390. The summed E-state index contributed by atoms with van der Waals surface area (Å²) < 4.78 is 5.06. The lowest BCUT2D eigenvalue weighted by atomic mass is 9.86. The summed E-state index contributed by atoms with van der Waals surface area (Å²) in [7, 11) is 3.49. The average Bonchev–Trinajstić information content (AvgIpc) is 2.28. The van der Waals surface area contributed by atoms with Crippen molar-refractivity contribution < 1.29 is 9.84 Å². The molecule has 0 saturated carbocycles. The molecule has 80 valence electrons. The van der Waals surface area contributed by atoms with Crippen LogP contribution in [0.4, 0.5) is 0 Å². The van der Waals surface area contributed by atoms with Crippen LogP contribution in [0.15, 0.2) is 24.3 Å². The molecule has 15 heavy (non-hydrogen) atoms. The molecule has 0 spiro atoms. The lowest BCUT2D eigenvalue weighted by Crippen LogP contribution is -2.61. The monoisotopic (exact) mass is 223 g/mol. The van der Waals surface area contributed by atoms with Gasteiger partial charge in [-0.25, -0.2) is 0 Å². The third kappa shape index (κ3) is 1.50. The highest BCUT2D eigenvalue weighted by Gasteiger charge is 2.46. The predicted octanol–water partition coefficient (Wildman–Crippen LogP) is 1.16. The van der Waals surface area contributed by atoms with E-state index in [0.717, 1.165) is 11.3 Å². The molecule has 1 unspecified atom stereocenters. The first-order valence-corrected chi connectivity index (χ1v) is 5.11. The van der Waals surface area contributed by atoms with E-state index in [9.17, 15) is 5.11 Å². The molecule has 1 saturated heterocycles. The van der Waals surface area contributed by atoms with Gasteiger partial charge >= 0.3 is 0 Å². The molecule has 1 fully saturated rings. The summed E-state index contributed by atoms with van der Waals surface area (Å²) in [5.74, 6) is 0.779. The van der Waals surface area contributed by atoms with Crippen LogP contribution in [0.1, 0.15) is 5.56 Å². The number of hydrogen-bond acceptors (Lipinski definition) is 3. The van der Waals surface area contributed by atoms with Gasteiger partial charge in [-0.15, -0.1) is 0 Å². The smallest absolute Gasteiger partial charge is 0.157 e. The number of rotatable bonds is 2. The fraction of sp³-hybridized carbons (Fsp3) is 0.364. The molecule has 0 amide bonds. The minimum absolute atomic E-state index is 0.554. The number of hydrogen-bond donors (Lipinski definition) is 1. The van der Waals surface area contributed by atoms with Gasteiger partial charge < -0.3 is 14.7 Å². The maximum Gasteiger partial charge on any atom is 0.157 e. The van der Waals surface area contributed by atoms with Gasteiger partial charge in [-0.2, -0.15) is 0 Å². The summed E-state index contributed by atoms with van der Waals surface area (Å²) in [6.07, 6.45) is 0. The Morgan fingerprint density at radius 1 is 1.40 bits per heavy atom. The van der Waals surface area contributed by atoms with Crippen molar-refractivity contribution in [1.82, 2.24) is 4.90 Å². The van der Waals surface area contributed by atoms with E-state index >= 15 is 0 Å². The Morgan fingerprint density at radius 3 is 2.40 bits per heavy atom. The predicted molar refractivity (Wildman–Crippen MR) is 62.1 cm³/mol. The Kier molecular flexibility index (Phi) is 2.40. The van der Waals surface area contributed by atoms with Gasteiger partial charge in [0, 0.05) is 7.05 Å². The highest BCUT2D eigenvalue weighted by molar-refractivity contribution is 7.80. The van der Waals surface area contributed by atoms with Gasteiger partial charge in [-0.05, 0) is 17.7 Å². The van der Waals surface area contributed by atoms with Gasteiger partial charge in [0.15, 0.2) is 5.60 Å². The van der Waals surface area contributed by atoms with Crippen molar-refractivity contribution in [3.8, 4) is 5.75 Å². The Labute approximate surface area is 94.3 Å². The van der Waals surface area contributed by atoms with Gasteiger partial charge in [0.2, 0.25) is 0 Å². The van der Waals surface area contributed by atoms with E-state index in [0.29, 0.717) is 11.5 Å². The number of likely N-dealkylation sites (tertiary alicyclic amines) is 1. The minimum Gasteiger partial charge on any atom is -0.497 e. The molecule has 0 aliphatic carbocycles. The van der Waals surface area contributed by atoms with E-state index in [1.54, 1.807) is 7.11 Å². The van der Waals surface area contributed by atoms with E-state index < -0.39 is 5.60 Å². The van der Waals surface area contributed by atoms with Gasteiger partial charge in [0.1, 0.15) is 10.7 Å². The van der Waals surface area contributed by atoms with Gasteiger partial charge in [0.25, 0.3) is 0 Å². The van der Waals surface area contributed by atoms with Crippen molar-refractivity contribution in [1.29, 1.82) is 0 Å². The van der Waals surface area contributed by atoms with Crippen LogP contribution in [-0.4, -0.2) is 35.7 Å². The van der Waals surface area contributed by atoms with E-state index in [1.165, 1.54) is 0 Å². The molecule has 2 rings (SSSR count). The first-order chi connectivity index (χ1) is 7.08. The average molecular weight is 223 g/mol. The normalized spacial score (nSPS) is 25.0. The van der Waals surface area contributed by atoms with Crippen LogP contribution in [0, 0.1) is 0 Å². The third-order valence-corrected chi connectivity index (χ3v) is 3.38. The number of likely N-dealkylation sites (N-methyl/N-ethyl adjacent to an activating group) is 1. The molecule has 1 aliphatic rings. The van der Waals surface area contributed by atoms with E-state index in [1.807, 2.05) is 36.2 Å². The second kappa shape index (κ2) is 3.47. The first kappa shape index (κ1) is 10.4. The van der Waals surface area contributed by atoms with Gasteiger partial charge in [0.05, 0.1) is 13.7 Å². The quantitative estimate of drug-likeness (QED) is 0.763. The lowest BCUT2D eigenvalue weighted by molar-refractivity contribution is 0.0346. The molecule has 4 heteroatoms. The number of nitrogens with zero attached hydrogens (tertiary/aromatic N) is 1. The summed E-state index contributed by atoms with van der Waals surface area (Å²) in [6.45, 7) is 0.554. The molecular formula is C11H13NO2S. The molecule has 3 nitrogen and oxygen atoms in total. The molecule has 1 aromatic rings. The molecule has 0 bridgehead atoms. The highest BCUT2D eigenvalue weighted by Crippen LogP contribution is 2.34. The molecule has 0 radical (unpaired) electrons. The molecule has 1 heterocycles. The zero-order valence-electron chi connectivity index (χ0n) is 8.73. The van der Waals surface area contributed by atoms with Crippen molar-refractivity contribution in [3.63, 3.8) is 0 Å². The summed E-state index contributed by atoms with van der Waals surface area (Å²) >= 11 is 5.13. The van der Waals surface area contributed by atoms with Crippen LogP contribution >= 0.6 is 12.2 Å². The summed E-state index contributed by atoms with van der Waals surface area (Å²) in [4.78, 5) is 2.44. The number of aliphatic hydroxyl groups is 1. The van der Waals surface area contributed by atoms with Crippen LogP contribution in [0.25, 0.3) is 0 Å². The fourth-order valence-electron chi connectivity index (χ4n) is 1.79. The Balaban J connectivity index is 2.27. The van der Waals surface area contributed by atoms with E-state index in [-0.39, 0.29) is 0 Å². The largest absolute Gasteiger partial charge is 0.497 e. The van der Waals surface area contributed by atoms with Crippen molar-refractivity contribution in [3.05, 3.63) is 29.8 Å². The first-order valence-electron chi connectivity index (χ1n) is 4.70. The highest BCUT2D eigenvalue weighted by atomic mass is 32.1. The molecular weight excluding hydrogens is 210 g/mol. The Hall–Kier alpha value is -1.13. The SMILES string of the molecule is COc1ccc(C2(O)CN(C)C2=S)cc1. The second-order valence-corrected chi connectivity index (χ2v) is 4.14. The molecule has 1 atom stereocenters. The fourth-order valence-corrected chi connectivity index (χ4v) is 2.04. The minimum atomic E-state index is -0.962. The summed E-state index contributed by atoms with van der Waals surface area (Å²) in [5, 5.41) is 10.3. The third-order valence-electron chi connectivity index (χ3n) is 2.73. The Morgan fingerprint density at radius 2 is 2.00 bits per heavy atom. The maximum absolute atomic E-state index is 10.3. The number of methoxy groups -OCH3 is 1. The standard InChI is InChI=1S/C11H13NO2S/c1-12-7-11(13,10(12)15)8-3-5-9(14-2)6-4-8/h3-6,13H,7H2,1-2H3. The van der Waals surface area contributed by atoms with Crippen molar-refractivity contribution in [2.75, 3.05) is 20.7 Å². The molecule has 1 N–H and O–H groups in total. The second-order valence-electron chi connectivity index (χ2n) is 3.75. The topological polar surface area (TPSA) is 32.7 Å². The number of ether oxygens (including phenoxy) is 1. The summed E-state index contributed by atoms with van der Waals surface area (Å²) in [5.41, 5.74) is -0.137. The van der Waals surface area contributed by atoms with E-state index in [4.69, 9.17) is 17.0 Å². The van der Waals surface area contributed by atoms with E-state index in [2.05, 4.69) is 0 Å². The summed E-state index contributed by atoms with van der Waals surface area (Å²) in [6, 6.07) is 7.35. The van der Waals surface area contributed by atoms with Crippen molar-refractivity contribution >= 4 is 17.2 Å². The van der Waals surface area contributed by atoms with Crippen molar-refractivity contribution in [2.24, 2.45) is 0 Å². The van der Waals surface area contributed by atoms with Crippen LogP contribution in [-0.2, 0) is 5.60 Å². The number of benzene rings is 1. The van der Waals surface area contributed by atoms with Gasteiger partial charge in [-0.3, -0.25) is 0 Å². The number of β-amino-alcohol motifs (C(OH)–C–C–N with tert-alkyl or cyclic N) is 1. The zero-order valence-corrected chi connectivity index (χ0v) is 9.54. The lowest BCUT2D eigenvalue weighted by Gasteiger charge is -2.46. The van der Waals surface area contributed by atoms with Crippen LogP contribution in [0.2, 0.25) is 0 Å². The molecule has 1 aliphatic heterocycles. The molecule has 0 aromatic heterocycles. The van der Waals surface area contributed by atoms with Crippen LogP contribution in [0.5, 0.6) is 5.75 Å².